The molecule has 0 aromatic heterocycles. The van der Waals surface area contributed by atoms with Gasteiger partial charge < -0.3 is 10.5 Å². The highest BCUT2D eigenvalue weighted by atomic mass is 32.2. The maximum Gasteiger partial charge on any atom is 0.0588 e. The number of thioether (sulfide) groups is 1. The van der Waals surface area contributed by atoms with Gasteiger partial charge in [-0.2, -0.15) is 0 Å². The Hall–Kier alpha value is -0.670. The molecule has 1 heterocycles. The second-order valence-electron chi connectivity index (χ2n) is 3.53. The zero-order chi connectivity index (χ0) is 9.80. The van der Waals surface area contributed by atoms with E-state index in [0.717, 1.165) is 18.9 Å². The summed E-state index contributed by atoms with van der Waals surface area (Å²) < 4.78 is 5.43. The van der Waals surface area contributed by atoms with Crippen LogP contribution in [0.25, 0.3) is 0 Å². The van der Waals surface area contributed by atoms with E-state index in [0.29, 0.717) is 5.25 Å². The van der Waals surface area contributed by atoms with Crippen molar-refractivity contribution >= 4 is 17.4 Å². The minimum absolute atomic E-state index is 0.618. The third kappa shape index (κ3) is 2.66. The molecule has 0 spiro atoms. The molecule has 76 valence electrons. The fourth-order valence-corrected chi connectivity index (χ4v) is 2.67. The first-order chi connectivity index (χ1) is 6.84. The van der Waals surface area contributed by atoms with Crippen LogP contribution in [-0.4, -0.2) is 18.5 Å². The summed E-state index contributed by atoms with van der Waals surface area (Å²) in [5.74, 6) is 0. The Balaban J connectivity index is 1.92. The first-order valence-electron chi connectivity index (χ1n) is 4.94. The van der Waals surface area contributed by atoms with E-state index in [1.165, 1.54) is 17.7 Å². The van der Waals surface area contributed by atoms with Crippen molar-refractivity contribution in [2.24, 2.45) is 0 Å². The summed E-state index contributed by atoms with van der Waals surface area (Å²) in [6.07, 6.45) is 2.45. The molecule has 2 rings (SSSR count). The van der Waals surface area contributed by atoms with Gasteiger partial charge in [-0.3, -0.25) is 0 Å². The largest absolute Gasteiger partial charge is 0.399 e. The summed E-state index contributed by atoms with van der Waals surface area (Å²) >= 11 is 1.89. The maximum atomic E-state index is 5.63. The molecule has 1 aliphatic heterocycles. The lowest BCUT2D eigenvalue weighted by molar-refractivity contribution is 0.101. The molecule has 0 radical (unpaired) electrons. The minimum Gasteiger partial charge on any atom is -0.399 e. The molecule has 1 aromatic rings. The number of nitrogen functional groups attached to an aromatic ring is 1. The molecule has 0 saturated carbocycles. The summed E-state index contributed by atoms with van der Waals surface area (Å²) in [7, 11) is 0. The van der Waals surface area contributed by atoms with E-state index in [-0.39, 0.29) is 0 Å². The first-order valence-corrected chi connectivity index (χ1v) is 5.82. The van der Waals surface area contributed by atoms with Crippen molar-refractivity contribution in [1.82, 2.24) is 0 Å². The second-order valence-corrected chi connectivity index (χ2v) is 4.90. The predicted octanol–water partition coefficient (Wildman–Crippen LogP) is 2.54. The number of hydrogen-bond donors (Lipinski definition) is 1. The molecular weight excluding hydrogens is 194 g/mol. The van der Waals surface area contributed by atoms with E-state index in [4.69, 9.17) is 10.5 Å². The number of nitrogens with two attached hydrogens (primary N) is 1. The summed E-state index contributed by atoms with van der Waals surface area (Å²) in [5.41, 5.74) is 6.45. The third-order valence-electron chi connectivity index (χ3n) is 2.30. The summed E-state index contributed by atoms with van der Waals surface area (Å²) in [4.78, 5) is 1.29. The van der Waals surface area contributed by atoms with E-state index in [1.807, 2.05) is 23.9 Å². The van der Waals surface area contributed by atoms with Gasteiger partial charge in [0, 0.05) is 22.4 Å². The van der Waals surface area contributed by atoms with E-state index in [9.17, 15) is 0 Å². The Morgan fingerprint density at radius 2 is 2.07 bits per heavy atom. The predicted molar refractivity (Wildman–Crippen MR) is 60.6 cm³/mol. The van der Waals surface area contributed by atoms with Gasteiger partial charge in [0.05, 0.1) is 6.61 Å². The fraction of sp³-hybridized carbons (Fsp3) is 0.455. The zero-order valence-electron chi connectivity index (χ0n) is 8.11. The molecule has 1 saturated heterocycles. The molecule has 14 heavy (non-hydrogen) atoms. The molecule has 1 unspecified atom stereocenters. The number of benzene rings is 1. The molecule has 0 bridgehead atoms. The fourth-order valence-electron chi connectivity index (χ4n) is 1.54. The second kappa shape index (κ2) is 4.71. The van der Waals surface area contributed by atoms with Crippen LogP contribution >= 0.6 is 11.8 Å². The van der Waals surface area contributed by atoms with Crippen molar-refractivity contribution in [3.8, 4) is 0 Å². The Bertz CT molecular complexity index is 280. The molecule has 3 heteroatoms. The van der Waals surface area contributed by atoms with Crippen molar-refractivity contribution < 1.29 is 4.74 Å². The normalized spacial score (nSPS) is 22.1. The average molecular weight is 209 g/mol. The third-order valence-corrected chi connectivity index (χ3v) is 3.55. The lowest BCUT2D eigenvalue weighted by Gasteiger charge is -2.21. The highest BCUT2D eigenvalue weighted by molar-refractivity contribution is 8.00. The Morgan fingerprint density at radius 3 is 2.71 bits per heavy atom. The molecule has 2 nitrogen and oxygen atoms in total. The van der Waals surface area contributed by atoms with E-state index in [2.05, 4.69) is 12.1 Å². The van der Waals surface area contributed by atoms with E-state index in [1.54, 1.807) is 0 Å². The van der Waals surface area contributed by atoms with Gasteiger partial charge >= 0.3 is 0 Å². The lowest BCUT2D eigenvalue weighted by Crippen LogP contribution is -2.18. The van der Waals surface area contributed by atoms with Crippen molar-refractivity contribution in [3.05, 3.63) is 24.3 Å². The molecule has 1 aromatic carbocycles. The van der Waals surface area contributed by atoms with Crippen LogP contribution in [0.4, 0.5) is 5.69 Å². The average Bonchev–Trinajstić information content (AvgIpc) is 2.23. The van der Waals surface area contributed by atoms with E-state index < -0.39 is 0 Å². The summed E-state index contributed by atoms with van der Waals surface area (Å²) in [6.45, 7) is 1.81. The quantitative estimate of drug-likeness (QED) is 0.760. The van der Waals surface area contributed by atoms with Crippen LogP contribution in [0.2, 0.25) is 0 Å². The van der Waals surface area contributed by atoms with Crippen LogP contribution < -0.4 is 5.73 Å². The van der Waals surface area contributed by atoms with Crippen LogP contribution in [-0.2, 0) is 4.74 Å². The monoisotopic (exact) mass is 209 g/mol. The van der Waals surface area contributed by atoms with Crippen LogP contribution in [0.3, 0.4) is 0 Å². The molecule has 0 aliphatic carbocycles. The Morgan fingerprint density at radius 1 is 1.29 bits per heavy atom. The lowest BCUT2D eigenvalue weighted by atomic mass is 10.2. The van der Waals surface area contributed by atoms with Gasteiger partial charge in [-0.25, -0.2) is 0 Å². The minimum atomic E-state index is 0.618. The molecule has 0 amide bonds. The molecular formula is C11H15NOS. The van der Waals surface area contributed by atoms with Crippen molar-refractivity contribution in [2.45, 2.75) is 23.0 Å². The Labute approximate surface area is 88.8 Å². The van der Waals surface area contributed by atoms with Crippen LogP contribution in [0.15, 0.2) is 29.2 Å². The van der Waals surface area contributed by atoms with Gasteiger partial charge in [0.15, 0.2) is 0 Å². The Kier molecular flexibility index (Phi) is 3.32. The van der Waals surface area contributed by atoms with Gasteiger partial charge in [-0.05, 0) is 37.1 Å². The molecule has 1 atom stereocenters. The molecule has 1 fully saturated rings. The highest BCUT2D eigenvalue weighted by Crippen LogP contribution is 2.28. The maximum absolute atomic E-state index is 5.63. The van der Waals surface area contributed by atoms with Crippen molar-refractivity contribution in [2.75, 3.05) is 18.9 Å². The smallest absolute Gasteiger partial charge is 0.0588 e. The number of rotatable bonds is 2. The number of hydrogen-bond acceptors (Lipinski definition) is 3. The van der Waals surface area contributed by atoms with Crippen LogP contribution in [0, 0.1) is 0 Å². The van der Waals surface area contributed by atoms with Gasteiger partial charge in [0.2, 0.25) is 0 Å². The van der Waals surface area contributed by atoms with E-state index >= 15 is 0 Å². The first kappa shape index (κ1) is 9.87. The van der Waals surface area contributed by atoms with Crippen LogP contribution in [0.5, 0.6) is 0 Å². The van der Waals surface area contributed by atoms with Crippen molar-refractivity contribution in [1.29, 1.82) is 0 Å². The van der Waals surface area contributed by atoms with Gasteiger partial charge in [-0.15, -0.1) is 11.8 Å². The van der Waals surface area contributed by atoms with Gasteiger partial charge in [0.25, 0.3) is 0 Å². The summed E-state index contributed by atoms with van der Waals surface area (Å²) in [5, 5.41) is 0.618. The number of ether oxygens (including phenoxy) is 1. The zero-order valence-corrected chi connectivity index (χ0v) is 8.93. The van der Waals surface area contributed by atoms with Crippen molar-refractivity contribution in [3.63, 3.8) is 0 Å². The van der Waals surface area contributed by atoms with Gasteiger partial charge in [0.1, 0.15) is 0 Å². The standard InChI is InChI=1S/C11H15NOS/c12-9-3-5-10(6-4-9)14-11-2-1-7-13-8-11/h3-6,11H,1-2,7-8,12H2. The summed E-state index contributed by atoms with van der Waals surface area (Å²) in [6, 6.07) is 8.06. The van der Waals surface area contributed by atoms with Gasteiger partial charge in [-0.1, -0.05) is 0 Å². The number of anilines is 1. The SMILES string of the molecule is Nc1ccc(SC2CCCOC2)cc1. The molecule has 2 N–H and O–H groups in total. The van der Waals surface area contributed by atoms with Crippen LogP contribution in [0.1, 0.15) is 12.8 Å². The topological polar surface area (TPSA) is 35.2 Å². The molecule has 1 aliphatic rings. The highest BCUT2D eigenvalue weighted by Gasteiger charge is 2.14.